The maximum Gasteiger partial charge on any atom is 0.251 e. The van der Waals surface area contributed by atoms with Gasteiger partial charge in [0.25, 0.3) is 5.91 Å². The molecule has 1 atom stereocenters. The number of rotatable bonds is 5. The molecule has 0 saturated heterocycles. The number of nitrogens with zero attached hydrogens (tertiary/aromatic N) is 3. The quantitative estimate of drug-likeness (QED) is 0.589. The van der Waals surface area contributed by atoms with Crippen LogP contribution >= 0.6 is 0 Å². The Morgan fingerprint density at radius 1 is 1.00 bits per heavy atom. The fourth-order valence-corrected chi connectivity index (χ4v) is 3.06. The summed E-state index contributed by atoms with van der Waals surface area (Å²) in [5.74, 6) is 0.191. The average Bonchev–Trinajstić information content (AvgIpc) is 3.16. The Labute approximate surface area is 157 Å². The van der Waals surface area contributed by atoms with Crippen LogP contribution in [-0.2, 0) is 0 Å². The standard InChI is InChI=1S/C22H20N4O/c1-16(17-6-3-2-4-7-17)14-24-22(27)18-9-11-19(12-10-18)26-15-25-20-8-5-13-23-21(20)26/h2-13,15-16H,14H2,1H3,(H,24,27). The molecular formula is C22H20N4O. The highest BCUT2D eigenvalue weighted by atomic mass is 16.1. The van der Waals surface area contributed by atoms with Gasteiger partial charge in [0, 0.05) is 24.0 Å². The Morgan fingerprint density at radius 2 is 1.78 bits per heavy atom. The van der Waals surface area contributed by atoms with Gasteiger partial charge in [0.05, 0.1) is 0 Å². The Hall–Kier alpha value is -3.47. The molecule has 0 spiro atoms. The summed E-state index contributed by atoms with van der Waals surface area (Å²) in [4.78, 5) is 21.2. The minimum Gasteiger partial charge on any atom is -0.351 e. The van der Waals surface area contributed by atoms with E-state index in [0.29, 0.717) is 12.1 Å². The molecule has 0 saturated carbocycles. The minimum atomic E-state index is -0.0713. The average molecular weight is 356 g/mol. The van der Waals surface area contributed by atoms with E-state index in [-0.39, 0.29) is 11.8 Å². The summed E-state index contributed by atoms with van der Waals surface area (Å²) in [7, 11) is 0. The van der Waals surface area contributed by atoms with Crippen molar-refractivity contribution < 1.29 is 4.79 Å². The number of pyridine rings is 1. The van der Waals surface area contributed by atoms with Crippen molar-refractivity contribution in [2.24, 2.45) is 0 Å². The molecule has 0 bridgehead atoms. The van der Waals surface area contributed by atoms with Crippen LogP contribution in [0.4, 0.5) is 0 Å². The maximum absolute atomic E-state index is 12.4. The third-order valence-corrected chi connectivity index (χ3v) is 4.65. The Balaban J connectivity index is 1.45. The second-order valence-electron chi connectivity index (χ2n) is 6.53. The number of benzene rings is 2. The molecule has 2 heterocycles. The first-order valence-electron chi connectivity index (χ1n) is 8.94. The molecule has 0 aliphatic carbocycles. The lowest BCUT2D eigenvalue weighted by molar-refractivity contribution is 0.0951. The van der Waals surface area contributed by atoms with Crippen molar-refractivity contribution in [2.75, 3.05) is 6.54 Å². The minimum absolute atomic E-state index is 0.0713. The fourth-order valence-electron chi connectivity index (χ4n) is 3.06. The van der Waals surface area contributed by atoms with Gasteiger partial charge in [-0.15, -0.1) is 0 Å². The first-order chi connectivity index (χ1) is 13.2. The van der Waals surface area contributed by atoms with Crippen molar-refractivity contribution >= 4 is 17.1 Å². The number of imidazole rings is 1. The van der Waals surface area contributed by atoms with Crippen LogP contribution in [-0.4, -0.2) is 27.0 Å². The van der Waals surface area contributed by atoms with E-state index in [1.165, 1.54) is 5.56 Å². The van der Waals surface area contributed by atoms with Crippen LogP contribution in [0.15, 0.2) is 79.3 Å². The van der Waals surface area contributed by atoms with E-state index >= 15 is 0 Å². The summed E-state index contributed by atoms with van der Waals surface area (Å²) in [6.45, 7) is 2.70. The molecule has 0 aliphatic rings. The third-order valence-electron chi connectivity index (χ3n) is 4.65. The number of amides is 1. The molecule has 2 aromatic carbocycles. The highest BCUT2D eigenvalue weighted by Gasteiger charge is 2.10. The van der Waals surface area contributed by atoms with Gasteiger partial charge in [-0.05, 0) is 47.9 Å². The molecule has 134 valence electrons. The lowest BCUT2D eigenvalue weighted by Crippen LogP contribution is -2.27. The number of carbonyl (C=O) groups is 1. The van der Waals surface area contributed by atoms with E-state index < -0.39 is 0 Å². The predicted molar refractivity (Wildman–Crippen MR) is 106 cm³/mol. The molecule has 2 aromatic heterocycles. The molecule has 5 nitrogen and oxygen atoms in total. The van der Waals surface area contributed by atoms with Gasteiger partial charge in [0.2, 0.25) is 0 Å². The number of fused-ring (bicyclic) bond motifs is 1. The maximum atomic E-state index is 12.4. The van der Waals surface area contributed by atoms with Gasteiger partial charge >= 0.3 is 0 Å². The van der Waals surface area contributed by atoms with Gasteiger partial charge in [-0.25, -0.2) is 9.97 Å². The molecule has 1 N–H and O–H groups in total. The number of aromatic nitrogens is 3. The molecule has 0 fully saturated rings. The largest absolute Gasteiger partial charge is 0.351 e. The van der Waals surface area contributed by atoms with Crippen LogP contribution in [0.5, 0.6) is 0 Å². The fraction of sp³-hybridized carbons (Fsp3) is 0.136. The van der Waals surface area contributed by atoms with Crippen LogP contribution in [0.1, 0.15) is 28.8 Å². The summed E-state index contributed by atoms with van der Waals surface area (Å²) in [6, 6.07) is 21.4. The molecule has 0 aliphatic heterocycles. The van der Waals surface area contributed by atoms with Crippen molar-refractivity contribution in [1.82, 2.24) is 19.9 Å². The highest BCUT2D eigenvalue weighted by molar-refractivity contribution is 5.94. The van der Waals surface area contributed by atoms with Gasteiger partial charge in [0.1, 0.15) is 11.8 Å². The lowest BCUT2D eigenvalue weighted by Gasteiger charge is -2.13. The Kier molecular flexibility index (Phi) is 4.66. The second-order valence-corrected chi connectivity index (χ2v) is 6.53. The van der Waals surface area contributed by atoms with Crippen molar-refractivity contribution in [3.8, 4) is 5.69 Å². The Morgan fingerprint density at radius 3 is 2.56 bits per heavy atom. The van der Waals surface area contributed by atoms with Gasteiger partial charge < -0.3 is 5.32 Å². The lowest BCUT2D eigenvalue weighted by atomic mass is 10.0. The van der Waals surface area contributed by atoms with Gasteiger partial charge in [-0.1, -0.05) is 37.3 Å². The molecular weight excluding hydrogens is 336 g/mol. The summed E-state index contributed by atoms with van der Waals surface area (Å²) < 4.78 is 1.91. The summed E-state index contributed by atoms with van der Waals surface area (Å²) in [5, 5.41) is 3.01. The molecule has 1 amide bonds. The van der Waals surface area contributed by atoms with Crippen LogP contribution in [0.25, 0.3) is 16.9 Å². The van der Waals surface area contributed by atoms with Crippen molar-refractivity contribution in [2.45, 2.75) is 12.8 Å². The monoisotopic (exact) mass is 356 g/mol. The van der Waals surface area contributed by atoms with Crippen molar-refractivity contribution in [3.63, 3.8) is 0 Å². The van der Waals surface area contributed by atoms with E-state index in [1.807, 2.05) is 59.2 Å². The third kappa shape index (κ3) is 3.58. The molecule has 27 heavy (non-hydrogen) atoms. The topological polar surface area (TPSA) is 59.8 Å². The zero-order chi connectivity index (χ0) is 18.6. The number of nitrogens with one attached hydrogen (secondary N) is 1. The van der Waals surface area contributed by atoms with E-state index in [1.54, 1.807) is 12.5 Å². The number of hydrogen-bond acceptors (Lipinski definition) is 3. The summed E-state index contributed by atoms with van der Waals surface area (Å²) >= 11 is 0. The van der Waals surface area contributed by atoms with Crippen LogP contribution in [0.2, 0.25) is 0 Å². The highest BCUT2D eigenvalue weighted by Crippen LogP contribution is 2.17. The van der Waals surface area contributed by atoms with Crippen LogP contribution in [0.3, 0.4) is 0 Å². The van der Waals surface area contributed by atoms with E-state index in [0.717, 1.165) is 16.9 Å². The normalized spacial score (nSPS) is 12.0. The first-order valence-corrected chi connectivity index (χ1v) is 8.94. The zero-order valence-corrected chi connectivity index (χ0v) is 15.0. The van der Waals surface area contributed by atoms with Gasteiger partial charge in [0.15, 0.2) is 5.65 Å². The first kappa shape index (κ1) is 17.0. The van der Waals surface area contributed by atoms with E-state index in [2.05, 4.69) is 34.3 Å². The molecule has 4 aromatic rings. The number of carbonyl (C=O) groups excluding carboxylic acids is 1. The van der Waals surface area contributed by atoms with Crippen molar-refractivity contribution in [3.05, 3.63) is 90.4 Å². The molecule has 1 unspecified atom stereocenters. The smallest absolute Gasteiger partial charge is 0.251 e. The number of hydrogen-bond donors (Lipinski definition) is 1. The zero-order valence-electron chi connectivity index (χ0n) is 15.0. The predicted octanol–water partition coefficient (Wildman–Crippen LogP) is 3.95. The molecule has 4 rings (SSSR count). The molecule has 5 heteroatoms. The van der Waals surface area contributed by atoms with Gasteiger partial charge in [-0.3, -0.25) is 9.36 Å². The van der Waals surface area contributed by atoms with Crippen LogP contribution < -0.4 is 5.32 Å². The van der Waals surface area contributed by atoms with E-state index in [4.69, 9.17) is 0 Å². The molecule has 0 radical (unpaired) electrons. The SMILES string of the molecule is CC(CNC(=O)c1ccc(-n2cnc3cccnc32)cc1)c1ccccc1. The Bertz CT molecular complexity index is 1050. The summed E-state index contributed by atoms with van der Waals surface area (Å²) in [5.41, 5.74) is 4.41. The van der Waals surface area contributed by atoms with E-state index in [9.17, 15) is 4.79 Å². The summed E-state index contributed by atoms with van der Waals surface area (Å²) in [6.07, 6.45) is 3.49. The van der Waals surface area contributed by atoms with Gasteiger partial charge in [-0.2, -0.15) is 0 Å². The second kappa shape index (κ2) is 7.41. The van der Waals surface area contributed by atoms with Crippen molar-refractivity contribution in [1.29, 1.82) is 0 Å². The van der Waals surface area contributed by atoms with Crippen LogP contribution in [0, 0.1) is 0 Å².